The molecule has 3 rings (SSSR count). The minimum Gasteiger partial charge on any atom is -0.314 e. The number of benzene rings is 1. The van der Waals surface area contributed by atoms with Crippen LogP contribution in [0.1, 0.15) is 0 Å². The molecule has 0 bridgehead atoms. The number of aryl methyl sites for hydroxylation is 1. The maximum atomic E-state index is 8.29. The zero-order chi connectivity index (χ0) is 14.3. The van der Waals surface area contributed by atoms with Gasteiger partial charge in [-0.15, -0.1) is 0 Å². The molecule has 100 valence electrons. The molecule has 1 aromatic carbocycles. The largest absolute Gasteiger partial charge is 0.314 e. The van der Waals surface area contributed by atoms with Crippen molar-refractivity contribution in [2.24, 2.45) is 7.05 Å². The Morgan fingerprint density at radius 3 is 2.60 bits per heavy atom. The molecule has 0 aliphatic heterocycles. The number of hydrogen-bond acceptors (Lipinski definition) is 3. The van der Waals surface area contributed by atoms with Crippen LogP contribution >= 0.6 is 23.2 Å². The summed E-state index contributed by atoms with van der Waals surface area (Å²) in [5.74, 6) is 0. The van der Waals surface area contributed by atoms with Gasteiger partial charge in [0, 0.05) is 29.8 Å². The standard InChI is InChI=1S/C14H10Cl2N4/c1-20-13(17)9(5-8-6-18-7-19-14(8)20)12-10(15)3-2-4-11(12)16/h2-7,17H,1H3. The Labute approximate surface area is 125 Å². The molecule has 0 unspecified atom stereocenters. The van der Waals surface area contributed by atoms with Crippen molar-refractivity contribution in [1.29, 1.82) is 5.41 Å². The summed E-state index contributed by atoms with van der Waals surface area (Å²) in [5, 5.41) is 10.2. The molecule has 0 saturated carbocycles. The molecule has 0 spiro atoms. The van der Waals surface area contributed by atoms with Crippen LogP contribution in [0.5, 0.6) is 0 Å². The lowest BCUT2D eigenvalue weighted by molar-refractivity contribution is 0.842. The van der Waals surface area contributed by atoms with Gasteiger partial charge in [-0.3, -0.25) is 5.41 Å². The number of nitrogens with one attached hydrogen (secondary N) is 1. The summed E-state index contributed by atoms with van der Waals surface area (Å²) in [7, 11) is 1.78. The second kappa shape index (κ2) is 4.89. The molecule has 0 amide bonds. The van der Waals surface area contributed by atoms with E-state index in [-0.39, 0.29) is 0 Å². The Hall–Kier alpha value is -1.91. The van der Waals surface area contributed by atoms with E-state index in [1.54, 1.807) is 36.0 Å². The van der Waals surface area contributed by atoms with Gasteiger partial charge in [0.25, 0.3) is 0 Å². The van der Waals surface area contributed by atoms with Crippen molar-refractivity contribution >= 4 is 34.2 Å². The number of rotatable bonds is 1. The Morgan fingerprint density at radius 1 is 1.20 bits per heavy atom. The smallest absolute Gasteiger partial charge is 0.144 e. The molecule has 0 fully saturated rings. The second-order valence-electron chi connectivity index (χ2n) is 4.36. The molecule has 2 aromatic heterocycles. The van der Waals surface area contributed by atoms with Crippen LogP contribution in [0.3, 0.4) is 0 Å². The third-order valence-electron chi connectivity index (χ3n) is 3.16. The molecule has 0 aliphatic rings. The van der Waals surface area contributed by atoms with Gasteiger partial charge in [0.05, 0.1) is 10.0 Å². The van der Waals surface area contributed by atoms with E-state index in [0.29, 0.717) is 32.3 Å². The van der Waals surface area contributed by atoms with Crippen LogP contribution < -0.4 is 5.49 Å². The summed E-state index contributed by atoms with van der Waals surface area (Å²) in [6.07, 6.45) is 3.17. The van der Waals surface area contributed by atoms with Gasteiger partial charge < -0.3 is 4.57 Å². The topological polar surface area (TPSA) is 54.6 Å². The molecule has 20 heavy (non-hydrogen) atoms. The maximum absolute atomic E-state index is 8.29. The number of nitrogens with zero attached hydrogens (tertiary/aromatic N) is 3. The van der Waals surface area contributed by atoms with Crippen LogP contribution in [0, 0.1) is 5.41 Å². The molecule has 1 N–H and O–H groups in total. The second-order valence-corrected chi connectivity index (χ2v) is 5.18. The van der Waals surface area contributed by atoms with Gasteiger partial charge >= 0.3 is 0 Å². The van der Waals surface area contributed by atoms with E-state index < -0.39 is 0 Å². The van der Waals surface area contributed by atoms with Crippen LogP contribution in [0.4, 0.5) is 0 Å². The minimum atomic E-state index is 0.297. The summed E-state index contributed by atoms with van der Waals surface area (Å²) in [5.41, 5.74) is 2.30. The summed E-state index contributed by atoms with van der Waals surface area (Å²) in [6, 6.07) is 7.13. The molecular weight excluding hydrogens is 295 g/mol. The molecule has 3 aromatic rings. The number of halogens is 2. The molecule has 6 heteroatoms. The lowest BCUT2D eigenvalue weighted by Gasteiger charge is -2.12. The maximum Gasteiger partial charge on any atom is 0.144 e. The Kier molecular flexibility index (Phi) is 3.20. The summed E-state index contributed by atoms with van der Waals surface area (Å²) < 4.78 is 1.69. The first-order valence-corrected chi connectivity index (χ1v) is 6.64. The first-order chi connectivity index (χ1) is 9.59. The molecular formula is C14H10Cl2N4. The highest BCUT2D eigenvalue weighted by Crippen LogP contribution is 2.33. The number of hydrogen-bond donors (Lipinski definition) is 1. The van der Waals surface area contributed by atoms with E-state index in [1.807, 2.05) is 6.07 Å². The van der Waals surface area contributed by atoms with Crippen LogP contribution in [0.15, 0.2) is 36.8 Å². The van der Waals surface area contributed by atoms with Crippen molar-refractivity contribution in [2.45, 2.75) is 0 Å². The summed E-state index contributed by atoms with van der Waals surface area (Å²) >= 11 is 12.5. The fourth-order valence-corrected chi connectivity index (χ4v) is 2.77. The van der Waals surface area contributed by atoms with Crippen LogP contribution in [-0.2, 0) is 7.05 Å². The first-order valence-electron chi connectivity index (χ1n) is 5.88. The molecule has 0 radical (unpaired) electrons. The highest BCUT2D eigenvalue weighted by molar-refractivity contribution is 6.39. The number of fused-ring (bicyclic) bond motifs is 1. The third kappa shape index (κ3) is 1.97. The van der Waals surface area contributed by atoms with E-state index in [0.717, 1.165) is 5.39 Å². The van der Waals surface area contributed by atoms with Crippen molar-refractivity contribution < 1.29 is 0 Å². The van der Waals surface area contributed by atoms with Crippen molar-refractivity contribution in [3.05, 3.63) is 52.3 Å². The van der Waals surface area contributed by atoms with E-state index in [4.69, 9.17) is 28.6 Å². The van der Waals surface area contributed by atoms with Crippen LogP contribution in [-0.4, -0.2) is 14.5 Å². The van der Waals surface area contributed by atoms with E-state index >= 15 is 0 Å². The monoisotopic (exact) mass is 304 g/mol. The SMILES string of the molecule is Cn1c(=N)c(-c2c(Cl)cccc2Cl)cc2cncnc21. The normalized spacial score (nSPS) is 10.9. The Morgan fingerprint density at radius 2 is 1.90 bits per heavy atom. The third-order valence-corrected chi connectivity index (χ3v) is 3.79. The van der Waals surface area contributed by atoms with E-state index in [2.05, 4.69) is 9.97 Å². The highest BCUT2D eigenvalue weighted by atomic mass is 35.5. The summed E-state index contributed by atoms with van der Waals surface area (Å²) in [6.45, 7) is 0. The number of pyridine rings is 1. The van der Waals surface area contributed by atoms with Crippen LogP contribution in [0.25, 0.3) is 22.2 Å². The quantitative estimate of drug-likeness (QED) is 0.749. The van der Waals surface area contributed by atoms with Crippen LogP contribution in [0.2, 0.25) is 10.0 Å². The van der Waals surface area contributed by atoms with Gasteiger partial charge in [0.1, 0.15) is 17.5 Å². The van der Waals surface area contributed by atoms with Crippen molar-refractivity contribution in [2.75, 3.05) is 0 Å². The van der Waals surface area contributed by atoms with Gasteiger partial charge in [-0.25, -0.2) is 9.97 Å². The van der Waals surface area contributed by atoms with Gasteiger partial charge in [-0.2, -0.15) is 0 Å². The Balaban J connectivity index is 2.44. The summed E-state index contributed by atoms with van der Waals surface area (Å²) in [4.78, 5) is 8.20. The van der Waals surface area contributed by atoms with Gasteiger partial charge in [-0.1, -0.05) is 29.3 Å². The van der Waals surface area contributed by atoms with Crippen molar-refractivity contribution in [3.8, 4) is 11.1 Å². The van der Waals surface area contributed by atoms with Crippen molar-refractivity contribution in [3.63, 3.8) is 0 Å². The first kappa shape index (κ1) is 13.1. The molecule has 4 nitrogen and oxygen atoms in total. The predicted molar refractivity (Wildman–Crippen MR) is 79.8 cm³/mol. The molecule has 0 atom stereocenters. The average Bonchev–Trinajstić information content (AvgIpc) is 2.44. The molecule has 0 saturated heterocycles. The fraction of sp³-hybridized carbons (Fsp3) is 0.0714. The predicted octanol–water partition coefficient (Wildman–Crippen LogP) is 3.42. The van der Waals surface area contributed by atoms with E-state index in [1.165, 1.54) is 6.33 Å². The average molecular weight is 305 g/mol. The molecule has 0 aliphatic carbocycles. The Bertz CT molecular complexity index is 850. The lowest BCUT2D eigenvalue weighted by Crippen LogP contribution is -2.20. The van der Waals surface area contributed by atoms with Gasteiger partial charge in [-0.05, 0) is 18.2 Å². The van der Waals surface area contributed by atoms with E-state index in [9.17, 15) is 0 Å². The van der Waals surface area contributed by atoms with Gasteiger partial charge in [0.2, 0.25) is 0 Å². The highest BCUT2D eigenvalue weighted by Gasteiger charge is 2.13. The minimum absolute atomic E-state index is 0.297. The lowest BCUT2D eigenvalue weighted by atomic mass is 10.1. The zero-order valence-electron chi connectivity index (χ0n) is 10.6. The molecule has 2 heterocycles. The van der Waals surface area contributed by atoms with Crippen molar-refractivity contribution in [1.82, 2.24) is 14.5 Å². The fourth-order valence-electron chi connectivity index (χ4n) is 2.17. The van der Waals surface area contributed by atoms with Gasteiger partial charge in [0.15, 0.2) is 0 Å². The number of aromatic nitrogens is 3. The zero-order valence-corrected chi connectivity index (χ0v) is 12.1.